The first-order chi connectivity index (χ1) is 15.0. The molecule has 0 bridgehead atoms. The van der Waals surface area contributed by atoms with Crippen LogP contribution in [0.4, 0.5) is 5.69 Å². The minimum atomic E-state index is -0.580. The molecule has 0 fully saturated rings. The van der Waals surface area contributed by atoms with E-state index >= 15 is 0 Å². The molecular weight excluding hydrogens is 392 g/mol. The number of esters is 1. The van der Waals surface area contributed by atoms with Crippen molar-refractivity contribution in [2.24, 2.45) is 0 Å². The van der Waals surface area contributed by atoms with Crippen molar-refractivity contribution in [3.63, 3.8) is 0 Å². The zero-order valence-corrected chi connectivity index (χ0v) is 17.2. The number of nitrogens with zero attached hydrogens (tertiary/aromatic N) is 1. The summed E-state index contributed by atoms with van der Waals surface area (Å²) in [6.45, 7) is -0.377. The van der Waals surface area contributed by atoms with Gasteiger partial charge in [0.25, 0.3) is 11.8 Å². The van der Waals surface area contributed by atoms with E-state index in [1.54, 1.807) is 43.4 Å². The Bertz CT molecular complexity index is 1010. The molecule has 0 heterocycles. The number of anilines is 1. The van der Waals surface area contributed by atoms with Crippen molar-refractivity contribution in [2.75, 3.05) is 18.6 Å². The highest BCUT2D eigenvalue weighted by Crippen LogP contribution is 2.18. The molecule has 0 saturated heterocycles. The summed E-state index contributed by atoms with van der Waals surface area (Å²) in [4.78, 5) is 38.8. The monoisotopic (exact) mass is 416 g/mol. The van der Waals surface area contributed by atoms with Crippen LogP contribution in [0.1, 0.15) is 28.4 Å². The lowest BCUT2D eigenvalue weighted by molar-refractivity contribution is -0.148. The molecule has 2 amide bonds. The van der Waals surface area contributed by atoms with Crippen molar-refractivity contribution in [3.05, 3.63) is 102 Å². The fourth-order valence-corrected chi connectivity index (χ4v) is 3.03. The van der Waals surface area contributed by atoms with E-state index < -0.39 is 12.0 Å². The Kier molecular flexibility index (Phi) is 7.54. The van der Waals surface area contributed by atoms with Gasteiger partial charge in [-0.05, 0) is 29.8 Å². The molecule has 6 heteroatoms. The fourth-order valence-electron chi connectivity index (χ4n) is 3.03. The Hall–Kier alpha value is -3.93. The average Bonchev–Trinajstić information content (AvgIpc) is 2.83. The van der Waals surface area contributed by atoms with Crippen molar-refractivity contribution < 1.29 is 19.1 Å². The maximum atomic E-state index is 12.6. The van der Waals surface area contributed by atoms with Crippen molar-refractivity contribution in [1.82, 2.24) is 5.32 Å². The smallest absolute Gasteiger partial charge is 0.308 e. The largest absolute Gasteiger partial charge is 0.455 e. The molecule has 3 rings (SSSR count). The molecule has 3 aromatic carbocycles. The number of hydrogen-bond acceptors (Lipinski definition) is 4. The van der Waals surface area contributed by atoms with E-state index in [1.165, 1.54) is 4.90 Å². The third-order valence-electron chi connectivity index (χ3n) is 4.79. The van der Waals surface area contributed by atoms with Gasteiger partial charge in [0.15, 0.2) is 6.61 Å². The van der Waals surface area contributed by atoms with Crippen LogP contribution in [0.5, 0.6) is 0 Å². The number of nitrogens with one attached hydrogen (secondary N) is 1. The van der Waals surface area contributed by atoms with Gasteiger partial charge in [-0.1, -0.05) is 66.7 Å². The van der Waals surface area contributed by atoms with Crippen LogP contribution in [0, 0.1) is 0 Å². The number of benzene rings is 3. The zero-order chi connectivity index (χ0) is 22.1. The van der Waals surface area contributed by atoms with Gasteiger partial charge >= 0.3 is 5.97 Å². The predicted octanol–water partition coefficient (Wildman–Crippen LogP) is 3.75. The molecule has 0 saturated carbocycles. The van der Waals surface area contributed by atoms with E-state index in [2.05, 4.69) is 5.32 Å². The molecular formula is C25H24N2O4. The number of para-hydroxylation sites is 1. The number of ether oxygens (including phenoxy) is 1. The number of amides is 2. The van der Waals surface area contributed by atoms with Crippen LogP contribution in [-0.2, 0) is 14.3 Å². The Balaban J connectivity index is 1.62. The minimum Gasteiger partial charge on any atom is -0.455 e. The lowest BCUT2D eigenvalue weighted by atomic mass is 10.0. The maximum absolute atomic E-state index is 12.6. The normalized spacial score (nSPS) is 11.3. The van der Waals surface area contributed by atoms with Gasteiger partial charge in [-0.3, -0.25) is 14.4 Å². The predicted molar refractivity (Wildman–Crippen MR) is 119 cm³/mol. The first-order valence-electron chi connectivity index (χ1n) is 9.92. The van der Waals surface area contributed by atoms with Crippen LogP contribution in [0.15, 0.2) is 91.0 Å². The summed E-state index contributed by atoms with van der Waals surface area (Å²) in [5, 5.41) is 2.88. The molecule has 0 unspecified atom stereocenters. The quantitative estimate of drug-likeness (QED) is 0.568. The number of hydrogen-bond donors (Lipinski definition) is 1. The van der Waals surface area contributed by atoms with Gasteiger partial charge in [-0.15, -0.1) is 0 Å². The highest BCUT2D eigenvalue weighted by atomic mass is 16.5. The summed E-state index contributed by atoms with van der Waals surface area (Å²) in [5.74, 6) is -1.21. The van der Waals surface area contributed by atoms with Gasteiger partial charge in [0.2, 0.25) is 0 Å². The molecule has 3 aromatic rings. The minimum absolute atomic E-state index is 0.0923. The topological polar surface area (TPSA) is 75.7 Å². The van der Waals surface area contributed by atoms with E-state index in [9.17, 15) is 14.4 Å². The Labute approximate surface area is 181 Å². The second kappa shape index (κ2) is 10.7. The number of rotatable bonds is 8. The Morgan fingerprint density at radius 3 is 2.00 bits per heavy atom. The van der Waals surface area contributed by atoms with Crippen molar-refractivity contribution in [1.29, 1.82) is 0 Å². The van der Waals surface area contributed by atoms with Crippen LogP contribution >= 0.6 is 0 Å². The summed E-state index contributed by atoms with van der Waals surface area (Å²) in [6, 6.07) is 26.5. The van der Waals surface area contributed by atoms with E-state index in [0.29, 0.717) is 11.3 Å². The van der Waals surface area contributed by atoms with Gasteiger partial charge < -0.3 is 15.0 Å². The molecule has 0 spiro atoms. The van der Waals surface area contributed by atoms with E-state index in [4.69, 9.17) is 4.74 Å². The first-order valence-corrected chi connectivity index (χ1v) is 9.92. The van der Waals surface area contributed by atoms with Gasteiger partial charge in [0, 0.05) is 18.3 Å². The van der Waals surface area contributed by atoms with Crippen LogP contribution in [0.25, 0.3) is 0 Å². The Morgan fingerprint density at radius 2 is 1.39 bits per heavy atom. The van der Waals surface area contributed by atoms with E-state index in [1.807, 2.05) is 54.6 Å². The third kappa shape index (κ3) is 6.27. The van der Waals surface area contributed by atoms with Crippen molar-refractivity contribution in [3.8, 4) is 0 Å². The van der Waals surface area contributed by atoms with Crippen LogP contribution in [0.3, 0.4) is 0 Å². The van der Waals surface area contributed by atoms with Gasteiger partial charge in [0.1, 0.15) is 0 Å². The molecule has 1 atom stereocenters. The van der Waals surface area contributed by atoms with Gasteiger partial charge in [-0.25, -0.2) is 0 Å². The highest BCUT2D eigenvalue weighted by Gasteiger charge is 2.21. The molecule has 1 N–H and O–H groups in total. The molecule has 0 aliphatic carbocycles. The van der Waals surface area contributed by atoms with Crippen molar-refractivity contribution in [2.45, 2.75) is 12.5 Å². The van der Waals surface area contributed by atoms with Crippen LogP contribution < -0.4 is 10.2 Å². The molecule has 6 nitrogen and oxygen atoms in total. The third-order valence-corrected chi connectivity index (χ3v) is 4.79. The van der Waals surface area contributed by atoms with Crippen molar-refractivity contribution >= 4 is 23.5 Å². The second-order valence-electron chi connectivity index (χ2n) is 6.96. The lowest BCUT2D eigenvalue weighted by Crippen LogP contribution is -2.33. The Morgan fingerprint density at radius 1 is 0.839 bits per heavy atom. The number of carbonyl (C=O) groups excluding carboxylic acids is 3. The van der Waals surface area contributed by atoms with Crippen LogP contribution in [-0.4, -0.2) is 31.4 Å². The molecule has 0 aromatic heterocycles. The second-order valence-corrected chi connectivity index (χ2v) is 6.96. The van der Waals surface area contributed by atoms with Gasteiger partial charge in [0.05, 0.1) is 12.5 Å². The van der Waals surface area contributed by atoms with Gasteiger partial charge in [-0.2, -0.15) is 0 Å². The molecule has 0 aliphatic rings. The average molecular weight is 416 g/mol. The summed E-state index contributed by atoms with van der Waals surface area (Å²) < 4.78 is 5.20. The number of likely N-dealkylation sites (N-methyl/N-ethyl adjacent to an activating group) is 1. The van der Waals surface area contributed by atoms with E-state index in [-0.39, 0.29) is 24.8 Å². The lowest BCUT2D eigenvalue weighted by Gasteiger charge is -2.20. The molecule has 31 heavy (non-hydrogen) atoms. The molecule has 158 valence electrons. The van der Waals surface area contributed by atoms with E-state index in [0.717, 1.165) is 5.56 Å². The SMILES string of the molecule is CN(C(=O)COC(=O)C[C@@H](NC(=O)c1ccccc1)c1ccccc1)c1ccccc1. The molecule has 0 radical (unpaired) electrons. The summed E-state index contributed by atoms with van der Waals surface area (Å²) in [6.07, 6.45) is -0.0923. The maximum Gasteiger partial charge on any atom is 0.308 e. The number of carbonyl (C=O) groups is 3. The zero-order valence-electron chi connectivity index (χ0n) is 17.2. The standard InChI is InChI=1S/C25H24N2O4/c1-27(21-15-9-4-10-16-21)23(28)18-31-24(29)17-22(19-11-5-2-6-12-19)26-25(30)20-13-7-3-8-14-20/h2-16,22H,17-18H2,1H3,(H,26,30)/t22-/m1/s1. The summed E-state index contributed by atoms with van der Waals surface area (Å²) in [7, 11) is 1.62. The first kappa shape index (κ1) is 21.8. The summed E-state index contributed by atoms with van der Waals surface area (Å²) >= 11 is 0. The summed E-state index contributed by atoms with van der Waals surface area (Å²) in [5.41, 5.74) is 1.98. The fraction of sp³-hybridized carbons (Fsp3) is 0.160. The van der Waals surface area contributed by atoms with Crippen LogP contribution in [0.2, 0.25) is 0 Å². The molecule has 0 aliphatic heterocycles. The highest BCUT2D eigenvalue weighted by molar-refractivity contribution is 5.95.